The van der Waals surface area contributed by atoms with E-state index in [-0.39, 0.29) is 0 Å². The van der Waals surface area contributed by atoms with Crippen molar-refractivity contribution in [1.29, 1.82) is 0 Å². The van der Waals surface area contributed by atoms with Crippen molar-refractivity contribution in [2.24, 2.45) is 11.7 Å². The lowest BCUT2D eigenvalue weighted by Crippen LogP contribution is -2.58. The Morgan fingerprint density at radius 3 is 2.27 bits per heavy atom. The Labute approximate surface area is 94.2 Å². The third-order valence-corrected chi connectivity index (χ3v) is 4.51. The van der Waals surface area contributed by atoms with Gasteiger partial charge in [-0.3, -0.25) is 4.90 Å². The van der Waals surface area contributed by atoms with Crippen LogP contribution in [0.2, 0.25) is 0 Å². The van der Waals surface area contributed by atoms with Gasteiger partial charge in [0.1, 0.15) is 0 Å². The van der Waals surface area contributed by atoms with Gasteiger partial charge in [0.05, 0.1) is 0 Å². The van der Waals surface area contributed by atoms with Crippen molar-refractivity contribution in [2.75, 3.05) is 19.6 Å². The van der Waals surface area contributed by atoms with Crippen molar-refractivity contribution in [3.8, 4) is 0 Å². The van der Waals surface area contributed by atoms with E-state index in [0.29, 0.717) is 5.54 Å². The van der Waals surface area contributed by atoms with Crippen LogP contribution in [-0.2, 0) is 0 Å². The molecule has 1 aliphatic heterocycles. The maximum Gasteiger partial charge on any atom is 0.0306 e. The second-order valence-corrected chi connectivity index (χ2v) is 5.75. The topological polar surface area (TPSA) is 29.3 Å². The van der Waals surface area contributed by atoms with Gasteiger partial charge in [0.25, 0.3) is 0 Å². The van der Waals surface area contributed by atoms with Gasteiger partial charge in [-0.05, 0) is 38.8 Å². The molecule has 2 aliphatic rings. The number of nitrogens with two attached hydrogens (primary N) is 1. The van der Waals surface area contributed by atoms with Crippen LogP contribution in [0.1, 0.15) is 51.9 Å². The van der Waals surface area contributed by atoms with E-state index in [1.807, 2.05) is 0 Å². The molecule has 88 valence electrons. The Kier molecular flexibility index (Phi) is 3.68. The van der Waals surface area contributed by atoms with E-state index in [1.54, 1.807) is 0 Å². The first-order chi connectivity index (χ1) is 7.24. The van der Waals surface area contributed by atoms with E-state index in [0.717, 1.165) is 12.5 Å². The number of hydrogen-bond donors (Lipinski definition) is 1. The van der Waals surface area contributed by atoms with Crippen molar-refractivity contribution in [1.82, 2.24) is 4.90 Å². The molecule has 1 aliphatic carbocycles. The quantitative estimate of drug-likeness (QED) is 0.772. The van der Waals surface area contributed by atoms with Crippen LogP contribution >= 0.6 is 0 Å². The van der Waals surface area contributed by atoms with E-state index >= 15 is 0 Å². The Morgan fingerprint density at radius 2 is 1.80 bits per heavy atom. The lowest BCUT2D eigenvalue weighted by Gasteiger charge is -2.48. The molecule has 0 aromatic carbocycles. The number of likely N-dealkylation sites (tertiary alicyclic amines) is 1. The van der Waals surface area contributed by atoms with E-state index in [4.69, 9.17) is 5.73 Å². The summed E-state index contributed by atoms with van der Waals surface area (Å²) in [6.45, 7) is 5.77. The molecule has 2 heteroatoms. The second kappa shape index (κ2) is 4.84. The third kappa shape index (κ3) is 2.54. The van der Waals surface area contributed by atoms with Gasteiger partial charge in [-0.25, -0.2) is 0 Å². The summed E-state index contributed by atoms with van der Waals surface area (Å²) in [7, 11) is 0. The van der Waals surface area contributed by atoms with Crippen LogP contribution in [0.5, 0.6) is 0 Å². The van der Waals surface area contributed by atoms with E-state index in [9.17, 15) is 0 Å². The van der Waals surface area contributed by atoms with Crippen LogP contribution in [0.4, 0.5) is 0 Å². The average Bonchev–Trinajstić information content (AvgIpc) is 2.16. The summed E-state index contributed by atoms with van der Waals surface area (Å²) in [4.78, 5) is 2.60. The SMILES string of the molecule is CC(CN)(CC1CCCCC1)N1CCC1. The molecule has 15 heavy (non-hydrogen) atoms. The molecule has 2 rings (SSSR count). The molecule has 0 aromatic heterocycles. The highest BCUT2D eigenvalue weighted by Crippen LogP contribution is 2.34. The summed E-state index contributed by atoms with van der Waals surface area (Å²) in [6, 6.07) is 0. The first-order valence-electron chi connectivity index (χ1n) is 6.70. The van der Waals surface area contributed by atoms with Gasteiger partial charge in [0, 0.05) is 12.1 Å². The molecule has 2 N–H and O–H groups in total. The van der Waals surface area contributed by atoms with Crippen LogP contribution in [0, 0.1) is 5.92 Å². The molecule has 1 saturated heterocycles. The number of rotatable bonds is 4. The van der Waals surface area contributed by atoms with Crippen molar-refractivity contribution < 1.29 is 0 Å². The zero-order chi connectivity index (χ0) is 10.7. The van der Waals surface area contributed by atoms with Crippen molar-refractivity contribution in [3.63, 3.8) is 0 Å². The lowest BCUT2D eigenvalue weighted by molar-refractivity contribution is 0.0251. The molecule has 1 unspecified atom stereocenters. The average molecular weight is 210 g/mol. The fraction of sp³-hybridized carbons (Fsp3) is 1.00. The predicted molar refractivity (Wildman–Crippen MR) is 64.8 cm³/mol. The van der Waals surface area contributed by atoms with Gasteiger partial charge in [0.15, 0.2) is 0 Å². The lowest BCUT2D eigenvalue weighted by atomic mass is 9.78. The van der Waals surface area contributed by atoms with Crippen LogP contribution in [0.15, 0.2) is 0 Å². The Hall–Kier alpha value is -0.0800. The fourth-order valence-electron chi connectivity index (χ4n) is 3.21. The number of hydrogen-bond acceptors (Lipinski definition) is 2. The fourth-order valence-corrected chi connectivity index (χ4v) is 3.21. The minimum Gasteiger partial charge on any atom is -0.329 e. The molecule has 1 heterocycles. The maximum atomic E-state index is 5.99. The van der Waals surface area contributed by atoms with Gasteiger partial charge < -0.3 is 5.73 Å². The van der Waals surface area contributed by atoms with Crippen molar-refractivity contribution in [3.05, 3.63) is 0 Å². The van der Waals surface area contributed by atoms with Crippen LogP contribution in [-0.4, -0.2) is 30.1 Å². The number of nitrogens with zero attached hydrogens (tertiary/aromatic N) is 1. The highest BCUT2D eigenvalue weighted by atomic mass is 15.2. The zero-order valence-corrected chi connectivity index (χ0v) is 10.2. The maximum absolute atomic E-state index is 5.99. The molecular formula is C13H26N2. The molecule has 2 fully saturated rings. The Balaban J connectivity index is 1.87. The molecule has 0 bridgehead atoms. The molecule has 1 saturated carbocycles. The Bertz CT molecular complexity index is 195. The minimum absolute atomic E-state index is 0.306. The molecule has 1 atom stereocenters. The van der Waals surface area contributed by atoms with Crippen LogP contribution in [0.3, 0.4) is 0 Å². The summed E-state index contributed by atoms with van der Waals surface area (Å²) in [6.07, 6.45) is 9.97. The standard InChI is InChI=1S/C13H26N2/c1-13(11-14,15-8-5-9-15)10-12-6-3-2-4-7-12/h12H,2-11,14H2,1H3. The van der Waals surface area contributed by atoms with Gasteiger partial charge in [0.2, 0.25) is 0 Å². The van der Waals surface area contributed by atoms with Gasteiger partial charge in [-0.15, -0.1) is 0 Å². The molecule has 0 amide bonds. The normalized spacial score (nSPS) is 28.4. The second-order valence-electron chi connectivity index (χ2n) is 5.75. The summed E-state index contributed by atoms with van der Waals surface area (Å²) in [5.41, 5.74) is 6.30. The highest BCUT2D eigenvalue weighted by molar-refractivity contribution is 4.93. The first kappa shape index (κ1) is 11.4. The van der Waals surface area contributed by atoms with Crippen molar-refractivity contribution >= 4 is 0 Å². The first-order valence-corrected chi connectivity index (χ1v) is 6.70. The van der Waals surface area contributed by atoms with Gasteiger partial charge in [-0.1, -0.05) is 32.1 Å². The predicted octanol–water partition coefficient (Wildman–Crippen LogP) is 2.38. The monoisotopic (exact) mass is 210 g/mol. The Morgan fingerprint density at radius 1 is 1.13 bits per heavy atom. The summed E-state index contributed by atoms with van der Waals surface area (Å²) < 4.78 is 0. The molecule has 0 aromatic rings. The molecule has 0 radical (unpaired) electrons. The summed E-state index contributed by atoms with van der Waals surface area (Å²) >= 11 is 0. The van der Waals surface area contributed by atoms with E-state index in [1.165, 1.54) is 58.0 Å². The summed E-state index contributed by atoms with van der Waals surface area (Å²) in [5.74, 6) is 0.952. The molecular weight excluding hydrogens is 184 g/mol. The van der Waals surface area contributed by atoms with Crippen LogP contribution < -0.4 is 5.73 Å². The minimum atomic E-state index is 0.306. The van der Waals surface area contributed by atoms with Crippen LogP contribution in [0.25, 0.3) is 0 Å². The molecule has 0 spiro atoms. The third-order valence-electron chi connectivity index (χ3n) is 4.51. The zero-order valence-electron chi connectivity index (χ0n) is 10.2. The largest absolute Gasteiger partial charge is 0.329 e. The van der Waals surface area contributed by atoms with Crippen molar-refractivity contribution in [2.45, 2.75) is 57.4 Å². The van der Waals surface area contributed by atoms with Gasteiger partial charge in [-0.2, -0.15) is 0 Å². The van der Waals surface area contributed by atoms with Gasteiger partial charge >= 0.3 is 0 Å². The summed E-state index contributed by atoms with van der Waals surface area (Å²) in [5, 5.41) is 0. The molecule has 2 nitrogen and oxygen atoms in total. The highest BCUT2D eigenvalue weighted by Gasteiger charge is 2.36. The van der Waals surface area contributed by atoms with E-state index < -0.39 is 0 Å². The smallest absolute Gasteiger partial charge is 0.0306 e. The van der Waals surface area contributed by atoms with E-state index in [2.05, 4.69) is 11.8 Å².